The van der Waals surface area contributed by atoms with Crippen molar-refractivity contribution in [3.8, 4) is 11.1 Å². The molecule has 2 aliphatic rings. The van der Waals surface area contributed by atoms with Gasteiger partial charge in [0.2, 0.25) is 6.10 Å². The van der Waals surface area contributed by atoms with E-state index in [4.69, 9.17) is 9.47 Å². The summed E-state index contributed by atoms with van der Waals surface area (Å²) in [6.07, 6.45) is -0.792. The number of ketones is 1. The van der Waals surface area contributed by atoms with E-state index in [1.807, 2.05) is 18.2 Å². The minimum Gasteiger partial charge on any atom is -0.460 e. The molecule has 0 unspecified atom stereocenters. The summed E-state index contributed by atoms with van der Waals surface area (Å²) < 4.78 is 10.2. The van der Waals surface area contributed by atoms with Gasteiger partial charge in [-0.2, -0.15) is 0 Å². The highest BCUT2D eigenvalue weighted by Crippen LogP contribution is 2.36. The molecule has 1 aliphatic heterocycles. The summed E-state index contributed by atoms with van der Waals surface area (Å²) in [4.78, 5) is 36.4. The second kappa shape index (κ2) is 5.30. The van der Waals surface area contributed by atoms with Gasteiger partial charge in [-0.05, 0) is 30.2 Å². The molecule has 0 aromatic heterocycles. The third kappa shape index (κ3) is 2.21. The predicted molar refractivity (Wildman–Crippen MR) is 84.7 cm³/mol. The number of fused-ring (bicyclic) bond motifs is 3. The van der Waals surface area contributed by atoms with Gasteiger partial charge in [0.05, 0.1) is 5.56 Å². The van der Waals surface area contributed by atoms with Crippen molar-refractivity contribution in [2.45, 2.75) is 25.6 Å². The molecular formula is C19H14O5. The minimum atomic E-state index is -0.881. The number of carbonyl (C=O) groups excluding carboxylic acids is 3. The summed E-state index contributed by atoms with van der Waals surface area (Å²) in [7, 11) is 0. The van der Waals surface area contributed by atoms with Gasteiger partial charge in [0, 0.05) is 17.5 Å². The third-order valence-electron chi connectivity index (χ3n) is 4.34. The summed E-state index contributed by atoms with van der Waals surface area (Å²) in [5.74, 6) is -1.26. The Morgan fingerprint density at radius 2 is 1.75 bits per heavy atom. The maximum atomic E-state index is 12.5. The second-order valence-electron chi connectivity index (χ2n) is 6.01. The molecule has 1 heterocycles. The lowest BCUT2D eigenvalue weighted by Gasteiger charge is -2.09. The van der Waals surface area contributed by atoms with Gasteiger partial charge in [0.1, 0.15) is 6.10 Å². The molecular weight excluding hydrogens is 308 g/mol. The molecule has 5 nitrogen and oxygen atoms in total. The van der Waals surface area contributed by atoms with Crippen molar-refractivity contribution in [2.75, 3.05) is 0 Å². The summed E-state index contributed by atoms with van der Waals surface area (Å²) in [5, 5.41) is 0. The Balaban J connectivity index is 1.62. The number of hydrogen-bond acceptors (Lipinski definition) is 5. The fraction of sp³-hybridized carbons (Fsp3) is 0.211. The van der Waals surface area contributed by atoms with Crippen molar-refractivity contribution in [2.24, 2.45) is 0 Å². The van der Waals surface area contributed by atoms with E-state index in [0.717, 1.165) is 11.1 Å². The number of cyclic esters (lactones) is 1. The van der Waals surface area contributed by atoms with E-state index >= 15 is 0 Å². The Morgan fingerprint density at radius 3 is 2.46 bits per heavy atom. The number of hydrogen-bond donors (Lipinski definition) is 0. The lowest BCUT2D eigenvalue weighted by atomic mass is 10.0. The maximum Gasteiger partial charge on any atom is 0.347 e. The van der Waals surface area contributed by atoms with E-state index in [0.29, 0.717) is 17.5 Å². The Labute approximate surface area is 138 Å². The molecule has 0 spiro atoms. The highest BCUT2D eigenvalue weighted by Gasteiger charge is 2.35. The number of rotatable bonds is 2. The lowest BCUT2D eigenvalue weighted by molar-refractivity contribution is -0.147. The van der Waals surface area contributed by atoms with Crippen LogP contribution < -0.4 is 0 Å². The minimum absolute atomic E-state index is 0.107. The average Bonchev–Trinajstić information content (AvgIpc) is 3.05. The Bertz CT molecular complexity index is 883. The molecule has 0 amide bonds. The van der Waals surface area contributed by atoms with Gasteiger partial charge in [-0.15, -0.1) is 0 Å². The molecule has 1 saturated heterocycles. The molecule has 1 aliphatic carbocycles. The number of carbonyl (C=O) groups is 3. The average molecular weight is 322 g/mol. The third-order valence-corrected chi connectivity index (χ3v) is 4.34. The van der Waals surface area contributed by atoms with Crippen LogP contribution in [0.5, 0.6) is 0 Å². The van der Waals surface area contributed by atoms with Crippen LogP contribution in [0.4, 0.5) is 0 Å². The van der Waals surface area contributed by atoms with Crippen LogP contribution in [0.3, 0.4) is 0 Å². The monoisotopic (exact) mass is 322 g/mol. The van der Waals surface area contributed by atoms with Crippen LogP contribution in [0.15, 0.2) is 42.5 Å². The van der Waals surface area contributed by atoms with Crippen LogP contribution in [0.25, 0.3) is 11.1 Å². The van der Waals surface area contributed by atoms with Gasteiger partial charge in [-0.1, -0.05) is 30.3 Å². The fourth-order valence-corrected chi connectivity index (χ4v) is 3.17. The summed E-state index contributed by atoms with van der Waals surface area (Å²) in [6, 6.07) is 12.2. The van der Waals surface area contributed by atoms with E-state index in [9.17, 15) is 14.4 Å². The van der Waals surface area contributed by atoms with Crippen LogP contribution in [-0.4, -0.2) is 29.9 Å². The van der Waals surface area contributed by atoms with Gasteiger partial charge < -0.3 is 9.47 Å². The number of esters is 2. The largest absolute Gasteiger partial charge is 0.460 e. The zero-order valence-electron chi connectivity index (χ0n) is 12.9. The normalized spacial score (nSPS) is 21.2. The van der Waals surface area contributed by atoms with Gasteiger partial charge in [0.25, 0.3) is 0 Å². The van der Waals surface area contributed by atoms with Crippen molar-refractivity contribution < 1.29 is 23.9 Å². The van der Waals surface area contributed by atoms with Crippen molar-refractivity contribution >= 4 is 17.7 Å². The van der Waals surface area contributed by atoms with Crippen molar-refractivity contribution in [3.63, 3.8) is 0 Å². The van der Waals surface area contributed by atoms with Crippen LogP contribution in [0.1, 0.15) is 39.6 Å². The smallest absolute Gasteiger partial charge is 0.347 e. The van der Waals surface area contributed by atoms with Crippen molar-refractivity contribution in [1.82, 2.24) is 0 Å². The molecule has 5 heteroatoms. The molecule has 2 aromatic carbocycles. The van der Waals surface area contributed by atoms with E-state index in [1.165, 1.54) is 6.07 Å². The highest BCUT2D eigenvalue weighted by molar-refractivity contribution is 6.22. The zero-order chi connectivity index (χ0) is 16.8. The number of benzene rings is 2. The molecule has 4 rings (SSSR count). The maximum absolute atomic E-state index is 12.5. The van der Waals surface area contributed by atoms with Crippen molar-refractivity contribution in [1.29, 1.82) is 0 Å². The molecule has 1 fully saturated rings. The quantitative estimate of drug-likeness (QED) is 0.679. The van der Waals surface area contributed by atoms with Gasteiger partial charge in [-0.3, -0.25) is 4.79 Å². The van der Waals surface area contributed by atoms with E-state index in [1.54, 1.807) is 25.1 Å². The zero-order valence-corrected chi connectivity index (χ0v) is 12.9. The fourth-order valence-electron chi connectivity index (χ4n) is 3.17. The Kier molecular flexibility index (Phi) is 3.23. The predicted octanol–water partition coefficient (Wildman–Crippen LogP) is 2.76. The Hall–Kier alpha value is -2.95. The summed E-state index contributed by atoms with van der Waals surface area (Å²) in [6.45, 7) is 1.75. The topological polar surface area (TPSA) is 69.7 Å². The first-order valence-electron chi connectivity index (χ1n) is 7.74. The van der Waals surface area contributed by atoms with Crippen LogP contribution in [-0.2, 0) is 14.3 Å². The molecule has 2 atom stereocenters. The molecule has 120 valence electrons. The van der Waals surface area contributed by atoms with Gasteiger partial charge in [0.15, 0.2) is 5.78 Å². The number of ether oxygens (including phenoxy) is 2. The Morgan fingerprint density at radius 1 is 1.04 bits per heavy atom. The highest BCUT2D eigenvalue weighted by atomic mass is 16.6. The summed E-state index contributed by atoms with van der Waals surface area (Å²) in [5.41, 5.74) is 3.04. The van der Waals surface area contributed by atoms with E-state index < -0.39 is 18.0 Å². The first-order chi connectivity index (χ1) is 11.5. The van der Waals surface area contributed by atoms with Crippen LogP contribution in [0.2, 0.25) is 0 Å². The second-order valence-corrected chi connectivity index (χ2v) is 6.01. The van der Waals surface area contributed by atoms with Crippen LogP contribution in [0, 0.1) is 0 Å². The van der Waals surface area contributed by atoms with E-state index in [-0.39, 0.29) is 17.5 Å². The van der Waals surface area contributed by atoms with Gasteiger partial charge in [-0.25, -0.2) is 9.59 Å². The summed E-state index contributed by atoms with van der Waals surface area (Å²) >= 11 is 0. The lowest BCUT2D eigenvalue weighted by Crippen LogP contribution is -2.22. The first-order valence-corrected chi connectivity index (χ1v) is 7.74. The first kappa shape index (κ1) is 14.6. The standard InChI is InChI=1S/C19H14O5/c1-10-8-16(19(22)23-10)24-18(21)11-6-7-13-12-4-2-3-5-14(12)17(20)15(13)9-11/h2-7,9-10,16H,8H2,1H3/t10-,16-/m1/s1. The molecule has 2 aromatic rings. The molecule has 0 N–H and O–H groups in total. The van der Waals surface area contributed by atoms with Crippen molar-refractivity contribution in [3.05, 3.63) is 59.2 Å². The van der Waals surface area contributed by atoms with Crippen LogP contribution >= 0.6 is 0 Å². The molecule has 24 heavy (non-hydrogen) atoms. The molecule has 0 saturated carbocycles. The molecule has 0 radical (unpaired) electrons. The van der Waals surface area contributed by atoms with E-state index in [2.05, 4.69) is 0 Å². The molecule has 0 bridgehead atoms. The SMILES string of the molecule is C[C@@H]1C[C@@H](OC(=O)c2ccc3c(c2)C(=O)c2ccccc2-3)C(=O)O1. The van der Waals surface area contributed by atoms with Gasteiger partial charge >= 0.3 is 11.9 Å².